The van der Waals surface area contributed by atoms with E-state index in [1.807, 2.05) is 0 Å². The Morgan fingerprint density at radius 2 is 2.17 bits per heavy atom. The molecular formula is C8H7N2O2+. The van der Waals surface area contributed by atoms with Gasteiger partial charge in [0, 0.05) is 6.07 Å². The second-order valence-electron chi connectivity index (χ2n) is 2.11. The summed E-state index contributed by atoms with van der Waals surface area (Å²) in [7, 11) is 1.27. The molecule has 4 heteroatoms. The molecule has 0 spiro atoms. The smallest absolute Gasteiger partial charge is 0.399 e. The molecule has 1 aromatic carbocycles. The molecule has 0 N–H and O–H groups in total. The average molecular weight is 163 g/mol. The van der Waals surface area contributed by atoms with Crippen molar-refractivity contribution in [1.29, 1.82) is 5.39 Å². The van der Waals surface area contributed by atoms with Crippen molar-refractivity contribution in [3.63, 3.8) is 0 Å². The Labute approximate surface area is 69.4 Å². The molecule has 0 amide bonds. The summed E-state index contributed by atoms with van der Waals surface area (Å²) in [5.74, 6) is -0.511. The largest absolute Gasteiger partial charge is 0.465 e. The topological polar surface area (TPSA) is 54.5 Å². The Bertz CT molecular complexity index is 341. The lowest BCUT2D eigenvalue weighted by molar-refractivity contribution is 0.0602. The lowest BCUT2D eigenvalue weighted by Gasteiger charge is -1.93. The van der Waals surface area contributed by atoms with Gasteiger partial charge < -0.3 is 4.74 Å². The highest BCUT2D eigenvalue weighted by atomic mass is 16.5. The fourth-order valence-corrected chi connectivity index (χ4v) is 0.843. The molecule has 1 rings (SSSR count). The molecular weight excluding hydrogens is 156 g/mol. The molecule has 0 bridgehead atoms. The van der Waals surface area contributed by atoms with Crippen molar-refractivity contribution in [1.82, 2.24) is 0 Å². The molecule has 0 atom stereocenters. The van der Waals surface area contributed by atoms with Gasteiger partial charge in [-0.1, -0.05) is 12.1 Å². The molecule has 0 aliphatic rings. The van der Waals surface area contributed by atoms with Crippen LogP contribution in [0.1, 0.15) is 10.4 Å². The fourth-order valence-electron chi connectivity index (χ4n) is 0.843. The molecule has 0 saturated carbocycles. The number of hydrogen-bond acceptors (Lipinski definition) is 3. The molecule has 0 saturated heterocycles. The highest BCUT2D eigenvalue weighted by molar-refractivity contribution is 5.95. The Morgan fingerprint density at radius 1 is 1.50 bits per heavy atom. The van der Waals surface area contributed by atoms with Crippen molar-refractivity contribution in [3.05, 3.63) is 34.8 Å². The summed E-state index contributed by atoms with van der Waals surface area (Å²) in [6.07, 6.45) is 0. The van der Waals surface area contributed by atoms with Gasteiger partial charge in [-0.05, 0) is 6.07 Å². The van der Waals surface area contributed by atoms with Crippen LogP contribution in [0.3, 0.4) is 0 Å². The summed E-state index contributed by atoms with van der Waals surface area (Å²) < 4.78 is 4.47. The van der Waals surface area contributed by atoms with Crippen LogP contribution < -0.4 is 0 Å². The highest BCUT2D eigenvalue weighted by Crippen LogP contribution is 2.18. The average Bonchev–Trinajstić information content (AvgIpc) is 2.16. The van der Waals surface area contributed by atoms with Crippen molar-refractivity contribution in [3.8, 4) is 0 Å². The van der Waals surface area contributed by atoms with Gasteiger partial charge >= 0.3 is 11.7 Å². The first-order valence-corrected chi connectivity index (χ1v) is 3.32. The van der Waals surface area contributed by atoms with Gasteiger partial charge in [0.25, 0.3) is 0 Å². The van der Waals surface area contributed by atoms with Crippen LogP contribution >= 0.6 is 0 Å². The second-order valence-corrected chi connectivity index (χ2v) is 2.11. The van der Waals surface area contributed by atoms with E-state index in [-0.39, 0.29) is 11.3 Å². The minimum absolute atomic E-state index is 0.212. The molecule has 1 aromatic rings. The van der Waals surface area contributed by atoms with Crippen molar-refractivity contribution in [2.45, 2.75) is 0 Å². The molecule has 0 heterocycles. The number of carbonyl (C=O) groups excluding carboxylic acids is 1. The highest BCUT2D eigenvalue weighted by Gasteiger charge is 2.19. The van der Waals surface area contributed by atoms with E-state index in [9.17, 15) is 4.79 Å². The molecule has 0 aliphatic heterocycles. The molecule has 0 aromatic heterocycles. The van der Waals surface area contributed by atoms with Crippen LogP contribution in [-0.4, -0.2) is 13.1 Å². The van der Waals surface area contributed by atoms with E-state index in [1.54, 1.807) is 12.1 Å². The van der Waals surface area contributed by atoms with Gasteiger partial charge in [-0.25, -0.2) is 4.79 Å². The molecule has 60 valence electrons. The number of benzene rings is 1. The van der Waals surface area contributed by atoms with Crippen LogP contribution in [0.2, 0.25) is 0 Å². The standard InChI is InChI=1S/C8H7N2O2/c1-12-8(11)6-4-2-3-5-7(6)10-9/h2-5H,1H3/q+1. The summed E-state index contributed by atoms with van der Waals surface area (Å²) in [5.41, 5.74) is 0.465. The summed E-state index contributed by atoms with van der Waals surface area (Å²) in [5, 5.41) is 8.48. The van der Waals surface area contributed by atoms with Crippen LogP contribution in [0.25, 0.3) is 4.98 Å². The van der Waals surface area contributed by atoms with Gasteiger partial charge in [0.2, 0.25) is 5.39 Å². The van der Waals surface area contributed by atoms with Gasteiger partial charge in [-0.2, -0.15) is 0 Å². The third-order valence-electron chi connectivity index (χ3n) is 1.42. The first-order chi connectivity index (χ1) is 5.79. The summed E-state index contributed by atoms with van der Waals surface area (Å²) in [6, 6.07) is 6.38. The summed E-state index contributed by atoms with van der Waals surface area (Å²) >= 11 is 0. The Kier molecular flexibility index (Phi) is 2.38. The van der Waals surface area contributed by atoms with E-state index >= 15 is 0 Å². The zero-order chi connectivity index (χ0) is 8.97. The number of esters is 1. The Hall–Kier alpha value is -1.89. The van der Waals surface area contributed by atoms with E-state index < -0.39 is 5.97 Å². The molecule has 0 fully saturated rings. The minimum Gasteiger partial charge on any atom is -0.465 e. The summed E-state index contributed by atoms with van der Waals surface area (Å²) in [4.78, 5) is 13.9. The van der Waals surface area contributed by atoms with Gasteiger partial charge in [0.05, 0.1) is 7.11 Å². The second kappa shape index (κ2) is 3.49. The number of rotatable bonds is 1. The lowest BCUT2D eigenvalue weighted by Crippen LogP contribution is -2.00. The van der Waals surface area contributed by atoms with Gasteiger partial charge in [-0.15, -0.1) is 0 Å². The maximum absolute atomic E-state index is 11.0. The third kappa shape index (κ3) is 1.40. The van der Waals surface area contributed by atoms with Crippen LogP contribution in [0.15, 0.2) is 24.3 Å². The number of hydrogen-bond donors (Lipinski definition) is 0. The van der Waals surface area contributed by atoms with Gasteiger partial charge in [0.15, 0.2) is 10.5 Å². The van der Waals surface area contributed by atoms with Crippen molar-refractivity contribution in [2.75, 3.05) is 7.11 Å². The zero-order valence-electron chi connectivity index (χ0n) is 6.52. The van der Waals surface area contributed by atoms with Gasteiger partial charge in [0.1, 0.15) is 0 Å². The third-order valence-corrected chi connectivity index (χ3v) is 1.42. The number of diazo groups is 1. The maximum Gasteiger partial charge on any atom is 0.399 e. The number of nitrogens with zero attached hydrogens (tertiary/aromatic N) is 2. The van der Waals surface area contributed by atoms with Crippen LogP contribution in [0.5, 0.6) is 0 Å². The zero-order valence-corrected chi connectivity index (χ0v) is 6.52. The van der Waals surface area contributed by atoms with Crippen molar-refractivity contribution < 1.29 is 9.53 Å². The normalized spacial score (nSPS) is 8.67. The minimum atomic E-state index is -0.511. The van der Waals surface area contributed by atoms with Crippen LogP contribution in [0.4, 0.5) is 5.69 Å². The molecule has 0 unspecified atom stereocenters. The monoisotopic (exact) mass is 163 g/mol. The Balaban J connectivity index is 3.16. The molecule has 0 radical (unpaired) electrons. The first kappa shape index (κ1) is 8.21. The van der Waals surface area contributed by atoms with E-state index in [1.165, 1.54) is 19.2 Å². The number of carbonyl (C=O) groups is 1. The van der Waals surface area contributed by atoms with E-state index in [0.29, 0.717) is 0 Å². The maximum atomic E-state index is 11.0. The molecule has 0 aliphatic carbocycles. The van der Waals surface area contributed by atoms with E-state index in [4.69, 9.17) is 5.39 Å². The predicted molar refractivity (Wildman–Crippen MR) is 42.5 cm³/mol. The number of methoxy groups -OCH3 is 1. The van der Waals surface area contributed by atoms with Crippen LogP contribution in [-0.2, 0) is 4.74 Å². The van der Waals surface area contributed by atoms with Gasteiger partial charge in [-0.3, -0.25) is 0 Å². The SMILES string of the molecule is COC(=O)c1ccccc1[N+]#N. The lowest BCUT2D eigenvalue weighted by atomic mass is 10.2. The van der Waals surface area contributed by atoms with Crippen LogP contribution in [0, 0.1) is 5.39 Å². The molecule has 12 heavy (non-hydrogen) atoms. The Morgan fingerprint density at radius 3 is 2.75 bits per heavy atom. The quantitative estimate of drug-likeness (QED) is 0.469. The molecule has 4 nitrogen and oxygen atoms in total. The van der Waals surface area contributed by atoms with Crippen molar-refractivity contribution >= 4 is 11.7 Å². The van der Waals surface area contributed by atoms with E-state index in [2.05, 4.69) is 9.71 Å². The van der Waals surface area contributed by atoms with E-state index in [0.717, 1.165) is 0 Å². The summed E-state index contributed by atoms with van der Waals surface area (Å²) in [6.45, 7) is 0. The number of ether oxygens (including phenoxy) is 1. The van der Waals surface area contributed by atoms with Crippen molar-refractivity contribution in [2.24, 2.45) is 0 Å². The predicted octanol–water partition coefficient (Wildman–Crippen LogP) is 1.96. The first-order valence-electron chi connectivity index (χ1n) is 3.32. The fraction of sp³-hybridized carbons (Fsp3) is 0.125.